The van der Waals surface area contributed by atoms with E-state index in [-0.39, 0.29) is 5.91 Å². The van der Waals surface area contributed by atoms with Crippen LogP contribution in [0.3, 0.4) is 0 Å². The molecule has 0 atom stereocenters. The minimum Gasteiger partial charge on any atom is -0.352 e. The molecule has 18 heavy (non-hydrogen) atoms. The maximum absolute atomic E-state index is 11.9. The summed E-state index contributed by atoms with van der Waals surface area (Å²) in [5, 5.41) is 7.05. The molecule has 0 saturated heterocycles. The van der Waals surface area contributed by atoms with Gasteiger partial charge in [0.15, 0.2) is 5.82 Å². The van der Waals surface area contributed by atoms with Gasteiger partial charge in [0.2, 0.25) is 0 Å². The smallest absolute Gasteiger partial charge is 0.254 e. The average molecular weight is 244 g/mol. The molecule has 0 aliphatic carbocycles. The van der Waals surface area contributed by atoms with Crippen molar-refractivity contribution in [1.82, 2.24) is 20.1 Å². The Labute approximate surface area is 106 Å². The zero-order valence-electron chi connectivity index (χ0n) is 10.6. The fourth-order valence-electron chi connectivity index (χ4n) is 1.68. The molecule has 0 saturated carbocycles. The molecule has 2 aromatic heterocycles. The van der Waals surface area contributed by atoms with Gasteiger partial charge in [0.05, 0.1) is 17.5 Å². The van der Waals surface area contributed by atoms with Crippen molar-refractivity contribution in [2.45, 2.75) is 20.3 Å². The van der Waals surface area contributed by atoms with Gasteiger partial charge in [-0.05, 0) is 25.5 Å². The van der Waals surface area contributed by atoms with Gasteiger partial charge in [-0.25, -0.2) is 9.67 Å². The lowest BCUT2D eigenvalue weighted by Gasteiger charge is -2.04. The number of hydrogen-bond acceptors (Lipinski definition) is 3. The van der Waals surface area contributed by atoms with Crippen LogP contribution in [0.25, 0.3) is 5.82 Å². The van der Waals surface area contributed by atoms with Crippen LogP contribution in [0.4, 0.5) is 0 Å². The molecule has 1 N–H and O–H groups in total. The number of carbonyl (C=O) groups excluding carboxylic acids is 1. The molecule has 0 aliphatic heterocycles. The standard InChI is InChI=1S/C13H16N4O/c1-3-7-15-13(18)11-9-16-17(10(11)2)12-6-4-5-8-14-12/h4-6,8-9H,3,7H2,1-2H3,(H,15,18). The highest BCUT2D eigenvalue weighted by Gasteiger charge is 2.14. The van der Waals surface area contributed by atoms with Crippen LogP contribution in [0.15, 0.2) is 30.6 Å². The van der Waals surface area contributed by atoms with Crippen LogP contribution in [0.1, 0.15) is 29.4 Å². The Balaban J connectivity index is 2.27. The number of aromatic nitrogens is 3. The van der Waals surface area contributed by atoms with E-state index >= 15 is 0 Å². The van der Waals surface area contributed by atoms with E-state index in [1.54, 1.807) is 17.1 Å². The molecule has 0 radical (unpaired) electrons. The van der Waals surface area contributed by atoms with E-state index in [1.165, 1.54) is 0 Å². The molecule has 0 spiro atoms. The molecule has 0 fully saturated rings. The summed E-state index contributed by atoms with van der Waals surface area (Å²) in [6.45, 7) is 4.56. The van der Waals surface area contributed by atoms with Crippen LogP contribution in [0, 0.1) is 6.92 Å². The second kappa shape index (κ2) is 5.44. The van der Waals surface area contributed by atoms with Crippen LogP contribution in [0.5, 0.6) is 0 Å². The largest absolute Gasteiger partial charge is 0.352 e. The number of nitrogens with one attached hydrogen (secondary N) is 1. The lowest BCUT2D eigenvalue weighted by molar-refractivity contribution is 0.0953. The Morgan fingerprint density at radius 3 is 2.94 bits per heavy atom. The maximum Gasteiger partial charge on any atom is 0.254 e. The molecule has 0 aromatic carbocycles. The minimum absolute atomic E-state index is 0.0865. The fourth-order valence-corrected chi connectivity index (χ4v) is 1.68. The Bertz CT molecular complexity index is 533. The molecule has 94 valence electrons. The van der Waals surface area contributed by atoms with E-state index in [1.807, 2.05) is 32.0 Å². The van der Waals surface area contributed by atoms with Gasteiger partial charge in [-0.1, -0.05) is 13.0 Å². The Morgan fingerprint density at radius 2 is 2.28 bits per heavy atom. The van der Waals surface area contributed by atoms with Gasteiger partial charge in [0.1, 0.15) is 0 Å². The van der Waals surface area contributed by atoms with E-state index in [4.69, 9.17) is 0 Å². The van der Waals surface area contributed by atoms with Gasteiger partial charge >= 0.3 is 0 Å². The predicted octanol–water partition coefficient (Wildman–Crippen LogP) is 1.72. The molecule has 1 amide bonds. The number of rotatable bonds is 4. The van der Waals surface area contributed by atoms with E-state index < -0.39 is 0 Å². The number of nitrogens with zero attached hydrogens (tertiary/aromatic N) is 3. The van der Waals surface area contributed by atoms with Crippen molar-refractivity contribution in [3.63, 3.8) is 0 Å². The third kappa shape index (κ3) is 2.40. The normalized spacial score (nSPS) is 10.3. The highest BCUT2D eigenvalue weighted by atomic mass is 16.1. The highest BCUT2D eigenvalue weighted by molar-refractivity contribution is 5.95. The maximum atomic E-state index is 11.9. The van der Waals surface area contributed by atoms with Crippen LogP contribution >= 0.6 is 0 Å². The number of pyridine rings is 1. The molecule has 5 heteroatoms. The van der Waals surface area contributed by atoms with Crippen molar-refractivity contribution in [2.75, 3.05) is 6.54 Å². The van der Waals surface area contributed by atoms with Crippen LogP contribution in [-0.2, 0) is 0 Å². The Kier molecular flexibility index (Phi) is 3.72. The first-order valence-corrected chi connectivity index (χ1v) is 5.98. The summed E-state index contributed by atoms with van der Waals surface area (Å²) in [4.78, 5) is 16.1. The second-order valence-corrected chi connectivity index (χ2v) is 4.00. The zero-order chi connectivity index (χ0) is 13.0. The lowest BCUT2D eigenvalue weighted by Crippen LogP contribution is -2.24. The molecule has 0 bridgehead atoms. The topological polar surface area (TPSA) is 59.8 Å². The number of hydrogen-bond donors (Lipinski definition) is 1. The molecule has 2 aromatic rings. The molecule has 0 aliphatic rings. The van der Waals surface area contributed by atoms with Crippen molar-refractivity contribution < 1.29 is 4.79 Å². The molecule has 0 unspecified atom stereocenters. The van der Waals surface area contributed by atoms with E-state index in [2.05, 4.69) is 15.4 Å². The van der Waals surface area contributed by atoms with Gasteiger partial charge in [-0.2, -0.15) is 5.10 Å². The van der Waals surface area contributed by atoms with Crippen LogP contribution in [-0.4, -0.2) is 27.2 Å². The van der Waals surface area contributed by atoms with Crippen LogP contribution in [0.2, 0.25) is 0 Å². The fraction of sp³-hybridized carbons (Fsp3) is 0.308. The first-order chi connectivity index (χ1) is 8.74. The number of amides is 1. The first-order valence-electron chi connectivity index (χ1n) is 5.98. The zero-order valence-corrected chi connectivity index (χ0v) is 10.6. The van der Waals surface area contributed by atoms with Gasteiger partial charge in [0.25, 0.3) is 5.91 Å². The van der Waals surface area contributed by atoms with Gasteiger partial charge in [-0.3, -0.25) is 4.79 Å². The highest BCUT2D eigenvalue weighted by Crippen LogP contribution is 2.11. The van der Waals surface area contributed by atoms with Crippen molar-refractivity contribution in [2.24, 2.45) is 0 Å². The van der Waals surface area contributed by atoms with Crippen molar-refractivity contribution in [3.8, 4) is 5.82 Å². The van der Waals surface area contributed by atoms with Crippen molar-refractivity contribution in [3.05, 3.63) is 41.9 Å². The summed E-state index contributed by atoms with van der Waals surface area (Å²) in [5.41, 5.74) is 1.39. The van der Waals surface area contributed by atoms with E-state index in [0.717, 1.165) is 12.1 Å². The summed E-state index contributed by atoms with van der Waals surface area (Å²) < 4.78 is 1.67. The summed E-state index contributed by atoms with van der Waals surface area (Å²) in [5.74, 6) is 0.626. The van der Waals surface area contributed by atoms with Crippen LogP contribution < -0.4 is 5.32 Å². The third-order valence-electron chi connectivity index (χ3n) is 2.66. The molecular formula is C13H16N4O. The monoisotopic (exact) mass is 244 g/mol. The average Bonchev–Trinajstić information content (AvgIpc) is 2.79. The second-order valence-electron chi connectivity index (χ2n) is 4.00. The summed E-state index contributed by atoms with van der Waals surface area (Å²) in [7, 11) is 0. The van der Waals surface area contributed by atoms with Gasteiger partial charge in [-0.15, -0.1) is 0 Å². The molecule has 2 rings (SSSR count). The number of carbonyl (C=O) groups is 1. The SMILES string of the molecule is CCCNC(=O)c1cnn(-c2ccccn2)c1C. The summed E-state index contributed by atoms with van der Waals surface area (Å²) in [6, 6.07) is 5.59. The van der Waals surface area contributed by atoms with E-state index in [0.29, 0.717) is 17.9 Å². The molecule has 2 heterocycles. The Hall–Kier alpha value is -2.17. The van der Waals surface area contributed by atoms with Crippen molar-refractivity contribution in [1.29, 1.82) is 0 Å². The quantitative estimate of drug-likeness (QED) is 0.890. The third-order valence-corrected chi connectivity index (χ3v) is 2.66. The Morgan fingerprint density at radius 1 is 1.44 bits per heavy atom. The minimum atomic E-state index is -0.0865. The predicted molar refractivity (Wildman–Crippen MR) is 68.7 cm³/mol. The first kappa shape index (κ1) is 12.3. The van der Waals surface area contributed by atoms with Gasteiger partial charge < -0.3 is 5.32 Å². The van der Waals surface area contributed by atoms with Crippen molar-refractivity contribution >= 4 is 5.91 Å². The molecule has 5 nitrogen and oxygen atoms in total. The molecular weight excluding hydrogens is 228 g/mol. The summed E-state index contributed by atoms with van der Waals surface area (Å²) >= 11 is 0. The van der Waals surface area contributed by atoms with Gasteiger partial charge in [0, 0.05) is 12.7 Å². The van der Waals surface area contributed by atoms with E-state index in [9.17, 15) is 4.79 Å². The lowest BCUT2D eigenvalue weighted by atomic mass is 10.2. The summed E-state index contributed by atoms with van der Waals surface area (Å²) in [6.07, 6.45) is 4.20.